The predicted octanol–water partition coefficient (Wildman–Crippen LogP) is 1.27. The third-order valence-electron chi connectivity index (χ3n) is 4.72. The second-order valence-corrected chi connectivity index (χ2v) is 6.44. The number of nitrogens with zero attached hydrogens (tertiary/aromatic N) is 2. The highest BCUT2D eigenvalue weighted by atomic mass is 16.7. The number of methoxy groups -OCH3 is 1. The van der Waals surface area contributed by atoms with Crippen LogP contribution >= 0.6 is 0 Å². The van der Waals surface area contributed by atoms with E-state index in [1.165, 1.54) is 0 Å². The topological polar surface area (TPSA) is 88.7 Å². The molecule has 0 unspecified atom stereocenters. The SMILES string of the molecule is COc1cc(CN[C@H]2CCCN(c3ncc[nH]c3=O)C2)cc2c1OCO2. The van der Waals surface area contributed by atoms with E-state index in [9.17, 15) is 4.79 Å². The Morgan fingerprint density at radius 2 is 2.35 bits per heavy atom. The number of benzene rings is 1. The summed E-state index contributed by atoms with van der Waals surface area (Å²) >= 11 is 0. The lowest BCUT2D eigenvalue weighted by Crippen LogP contribution is -2.47. The first-order chi connectivity index (χ1) is 12.7. The van der Waals surface area contributed by atoms with E-state index in [4.69, 9.17) is 14.2 Å². The van der Waals surface area contributed by atoms with Crippen LogP contribution in [0.3, 0.4) is 0 Å². The molecule has 4 rings (SSSR count). The largest absolute Gasteiger partial charge is 0.493 e. The van der Waals surface area contributed by atoms with Crippen LogP contribution in [0.4, 0.5) is 5.82 Å². The number of piperidine rings is 1. The molecule has 1 aromatic carbocycles. The molecule has 2 N–H and O–H groups in total. The van der Waals surface area contributed by atoms with Crippen molar-refractivity contribution in [3.8, 4) is 17.2 Å². The van der Waals surface area contributed by atoms with Crippen molar-refractivity contribution in [2.75, 3.05) is 31.9 Å². The van der Waals surface area contributed by atoms with Crippen molar-refractivity contribution in [3.63, 3.8) is 0 Å². The second-order valence-electron chi connectivity index (χ2n) is 6.44. The van der Waals surface area contributed by atoms with Gasteiger partial charge in [-0.25, -0.2) is 4.98 Å². The highest BCUT2D eigenvalue weighted by Crippen LogP contribution is 2.41. The van der Waals surface area contributed by atoms with Gasteiger partial charge in [0.2, 0.25) is 12.5 Å². The summed E-state index contributed by atoms with van der Waals surface area (Å²) in [5.41, 5.74) is 0.924. The molecule has 1 aromatic heterocycles. The number of ether oxygens (including phenoxy) is 3. The van der Waals surface area contributed by atoms with Crippen molar-refractivity contribution >= 4 is 5.82 Å². The van der Waals surface area contributed by atoms with Gasteiger partial charge < -0.3 is 29.4 Å². The molecule has 8 nitrogen and oxygen atoms in total. The molecule has 0 radical (unpaired) electrons. The summed E-state index contributed by atoms with van der Waals surface area (Å²) in [6.07, 6.45) is 5.24. The monoisotopic (exact) mass is 358 g/mol. The Hall–Kier alpha value is -2.74. The van der Waals surface area contributed by atoms with Gasteiger partial charge in [0.1, 0.15) is 0 Å². The molecule has 26 heavy (non-hydrogen) atoms. The lowest BCUT2D eigenvalue weighted by molar-refractivity contribution is 0.171. The number of rotatable bonds is 5. The maximum Gasteiger partial charge on any atom is 0.290 e. The number of hydrogen-bond donors (Lipinski definition) is 2. The lowest BCUT2D eigenvalue weighted by Gasteiger charge is -2.33. The van der Waals surface area contributed by atoms with E-state index in [1.54, 1.807) is 19.5 Å². The van der Waals surface area contributed by atoms with Crippen molar-refractivity contribution in [2.45, 2.75) is 25.4 Å². The molecule has 0 aliphatic carbocycles. The lowest BCUT2D eigenvalue weighted by atomic mass is 10.0. The van der Waals surface area contributed by atoms with Crippen LogP contribution < -0.4 is 30.0 Å². The predicted molar refractivity (Wildman–Crippen MR) is 96.0 cm³/mol. The van der Waals surface area contributed by atoms with Gasteiger partial charge in [-0.05, 0) is 30.5 Å². The van der Waals surface area contributed by atoms with E-state index in [2.05, 4.69) is 15.3 Å². The quantitative estimate of drug-likeness (QED) is 0.832. The average molecular weight is 358 g/mol. The Morgan fingerprint density at radius 3 is 3.19 bits per heavy atom. The number of anilines is 1. The van der Waals surface area contributed by atoms with Crippen molar-refractivity contribution in [1.29, 1.82) is 0 Å². The zero-order valence-corrected chi connectivity index (χ0v) is 14.7. The standard InChI is InChI=1S/C18H22N4O4/c1-24-14-7-12(8-15-16(14)26-11-25-15)9-21-13-3-2-6-22(10-13)17-18(23)20-5-4-19-17/h4-5,7-8,13,21H,2-3,6,9-11H2,1H3,(H,20,23)/t13-/m0/s1. The highest BCUT2D eigenvalue weighted by molar-refractivity contribution is 5.55. The molecule has 2 aromatic rings. The van der Waals surface area contributed by atoms with Gasteiger partial charge in [-0.1, -0.05) is 0 Å². The number of fused-ring (bicyclic) bond motifs is 1. The van der Waals surface area contributed by atoms with Crippen LogP contribution in [0.15, 0.2) is 29.3 Å². The Labute approximate surface area is 151 Å². The fourth-order valence-electron chi connectivity index (χ4n) is 3.45. The van der Waals surface area contributed by atoms with Gasteiger partial charge in [0.15, 0.2) is 17.3 Å². The molecule has 3 heterocycles. The maximum atomic E-state index is 12.0. The third-order valence-corrected chi connectivity index (χ3v) is 4.72. The highest BCUT2D eigenvalue weighted by Gasteiger charge is 2.23. The summed E-state index contributed by atoms with van der Waals surface area (Å²) in [5.74, 6) is 2.55. The molecule has 0 saturated carbocycles. The maximum absolute atomic E-state index is 12.0. The second kappa shape index (κ2) is 7.25. The van der Waals surface area contributed by atoms with Crippen LogP contribution in [0.25, 0.3) is 0 Å². The van der Waals surface area contributed by atoms with Gasteiger partial charge in [-0.3, -0.25) is 4.79 Å². The molecule has 0 bridgehead atoms. The van der Waals surface area contributed by atoms with Gasteiger partial charge >= 0.3 is 0 Å². The summed E-state index contributed by atoms with van der Waals surface area (Å²) in [5, 5.41) is 3.57. The Balaban J connectivity index is 1.42. The van der Waals surface area contributed by atoms with Crippen molar-refractivity contribution < 1.29 is 14.2 Å². The number of hydrogen-bond acceptors (Lipinski definition) is 7. The van der Waals surface area contributed by atoms with Crippen LogP contribution in [0.2, 0.25) is 0 Å². The molecular weight excluding hydrogens is 336 g/mol. The summed E-state index contributed by atoms with van der Waals surface area (Å²) in [6, 6.07) is 4.22. The summed E-state index contributed by atoms with van der Waals surface area (Å²) in [4.78, 5) is 20.9. The molecule has 1 fully saturated rings. The molecule has 0 spiro atoms. The van der Waals surface area contributed by atoms with Crippen LogP contribution in [0.5, 0.6) is 17.2 Å². The van der Waals surface area contributed by atoms with Gasteiger partial charge in [0.05, 0.1) is 7.11 Å². The molecule has 1 saturated heterocycles. The first kappa shape index (κ1) is 16.7. The van der Waals surface area contributed by atoms with E-state index < -0.39 is 0 Å². The minimum absolute atomic E-state index is 0.145. The molecule has 1 atom stereocenters. The number of nitrogens with one attached hydrogen (secondary N) is 2. The Bertz CT molecular complexity index is 838. The van der Waals surface area contributed by atoms with E-state index in [0.717, 1.165) is 31.5 Å². The summed E-state index contributed by atoms with van der Waals surface area (Å²) in [7, 11) is 1.62. The van der Waals surface area contributed by atoms with Gasteiger partial charge in [0, 0.05) is 38.1 Å². The van der Waals surface area contributed by atoms with Gasteiger partial charge in [-0.2, -0.15) is 0 Å². The van der Waals surface area contributed by atoms with Crippen molar-refractivity contribution in [1.82, 2.24) is 15.3 Å². The number of aromatic nitrogens is 2. The Morgan fingerprint density at radius 1 is 1.42 bits per heavy atom. The van der Waals surface area contributed by atoms with Crippen LogP contribution in [0, 0.1) is 0 Å². The number of aromatic amines is 1. The third kappa shape index (κ3) is 3.32. The minimum atomic E-state index is -0.145. The average Bonchev–Trinajstić information content (AvgIpc) is 3.15. The molecule has 138 valence electrons. The zero-order valence-electron chi connectivity index (χ0n) is 14.7. The van der Waals surface area contributed by atoms with E-state index in [1.807, 2.05) is 17.0 Å². The van der Waals surface area contributed by atoms with Crippen molar-refractivity contribution in [2.24, 2.45) is 0 Å². The molecule has 0 amide bonds. The fourth-order valence-corrected chi connectivity index (χ4v) is 3.45. The van der Waals surface area contributed by atoms with E-state index >= 15 is 0 Å². The number of H-pyrrole nitrogens is 1. The van der Waals surface area contributed by atoms with Crippen molar-refractivity contribution in [3.05, 3.63) is 40.4 Å². The Kier molecular flexibility index (Phi) is 4.66. The van der Waals surface area contributed by atoms with Crippen LogP contribution in [-0.2, 0) is 6.54 Å². The molecule has 8 heteroatoms. The summed E-state index contributed by atoms with van der Waals surface area (Å²) in [6.45, 7) is 2.50. The van der Waals surface area contributed by atoms with Gasteiger partial charge in [0.25, 0.3) is 5.56 Å². The smallest absolute Gasteiger partial charge is 0.290 e. The van der Waals surface area contributed by atoms with Crippen LogP contribution in [-0.4, -0.2) is 43.0 Å². The first-order valence-corrected chi connectivity index (χ1v) is 8.73. The fraction of sp³-hybridized carbons (Fsp3) is 0.444. The molecule has 2 aliphatic rings. The van der Waals surface area contributed by atoms with Crippen LogP contribution in [0.1, 0.15) is 18.4 Å². The summed E-state index contributed by atoms with van der Waals surface area (Å²) < 4.78 is 16.3. The molecule has 2 aliphatic heterocycles. The molecular formula is C18H22N4O4. The van der Waals surface area contributed by atoms with E-state index in [-0.39, 0.29) is 18.4 Å². The van der Waals surface area contributed by atoms with E-state index in [0.29, 0.717) is 29.6 Å². The zero-order chi connectivity index (χ0) is 17.9. The van der Waals surface area contributed by atoms with Gasteiger partial charge in [-0.15, -0.1) is 0 Å². The first-order valence-electron chi connectivity index (χ1n) is 8.73. The normalized spacial score (nSPS) is 18.8. The minimum Gasteiger partial charge on any atom is -0.493 e.